The van der Waals surface area contributed by atoms with Crippen LogP contribution in [0.2, 0.25) is 0 Å². The Labute approximate surface area is 123 Å². The van der Waals surface area contributed by atoms with Crippen molar-refractivity contribution in [2.24, 2.45) is 5.92 Å². The fourth-order valence-corrected chi connectivity index (χ4v) is 3.48. The molecule has 1 aromatic heterocycles. The van der Waals surface area contributed by atoms with E-state index in [4.69, 9.17) is 4.74 Å². The van der Waals surface area contributed by atoms with Crippen LogP contribution in [0.5, 0.6) is 5.75 Å². The molecule has 4 rings (SSSR count). The molecule has 1 unspecified atom stereocenters. The number of aromatic nitrogens is 1. The van der Waals surface area contributed by atoms with E-state index in [1.807, 2.05) is 0 Å². The second-order valence-corrected chi connectivity index (χ2v) is 5.94. The molecule has 1 saturated heterocycles. The standard InChI is InChI=1S/C17H19FN2O/c18-14-3-4-16-13(10-14)11-20-9-1-2-15(20)17(21-16)12-5-7-19-8-6-12/h1-4,9-10,12,17,19H,5-8,11H2. The van der Waals surface area contributed by atoms with Crippen LogP contribution in [0.1, 0.15) is 30.2 Å². The van der Waals surface area contributed by atoms with Crippen LogP contribution in [0, 0.1) is 11.7 Å². The van der Waals surface area contributed by atoms with E-state index in [1.165, 1.54) is 11.8 Å². The number of hydrogen-bond acceptors (Lipinski definition) is 2. The van der Waals surface area contributed by atoms with E-state index in [0.717, 1.165) is 37.2 Å². The van der Waals surface area contributed by atoms with Crippen molar-refractivity contribution in [1.82, 2.24) is 9.88 Å². The molecular weight excluding hydrogens is 267 g/mol. The zero-order valence-corrected chi connectivity index (χ0v) is 11.9. The summed E-state index contributed by atoms with van der Waals surface area (Å²) in [7, 11) is 0. The Morgan fingerprint density at radius 2 is 2.05 bits per heavy atom. The molecular formula is C17H19FN2O. The van der Waals surface area contributed by atoms with Crippen LogP contribution >= 0.6 is 0 Å². The first kappa shape index (κ1) is 12.9. The molecule has 2 aliphatic heterocycles. The molecule has 21 heavy (non-hydrogen) atoms. The van der Waals surface area contributed by atoms with Crippen LogP contribution < -0.4 is 10.1 Å². The molecule has 0 spiro atoms. The summed E-state index contributed by atoms with van der Waals surface area (Å²) in [5.74, 6) is 1.13. The lowest BCUT2D eigenvalue weighted by molar-refractivity contribution is 0.109. The largest absolute Gasteiger partial charge is 0.484 e. The first-order valence-electron chi connectivity index (χ1n) is 7.62. The molecule has 1 fully saturated rings. The third-order valence-electron chi connectivity index (χ3n) is 4.59. The highest BCUT2D eigenvalue weighted by Gasteiger charge is 2.31. The summed E-state index contributed by atoms with van der Waals surface area (Å²) >= 11 is 0. The number of rotatable bonds is 1. The van der Waals surface area contributed by atoms with Crippen molar-refractivity contribution in [2.45, 2.75) is 25.5 Å². The van der Waals surface area contributed by atoms with E-state index < -0.39 is 0 Å². The topological polar surface area (TPSA) is 26.2 Å². The smallest absolute Gasteiger partial charge is 0.141 e. The van der Waals surface area contributed by atoms with Gasteiger partial charge in [-0.3, -0.25) is 0 Å². The van der Waals surface area contributed by atoms with Gasteiger partial charge < -0.3 is 14.6 Å². The highest BCUT2D eigenvalue weighted by Crippen LogP contribution is 2.38. The van der Waals surface area contributed by atoms with E-state index >= 15 is 0 Å². The first-order valence-corrected chi connectivity index (χ1v) is 7.62. The molecule has 1 N–H and O–H groups in total. The number of nitrogens with zero attached hydrogens (tertiary/aromatic N) is 1. The van der Waals surface area contributed by atoms with Gasteiger partial charge in [-0.15, -0.1) is 0 Å². The van der Waals surface area contributed by atoms with Gasteiger partial charge in [0, 0.05) is 17.7 Å². The number of nitrogens with one attached hydrogen (secondary N) is 1. The molecule has 4 heteroatoms. The normalized spacial score (nSPS) is 22.0. The molecule has 3 heterocycles. The zero-order chi connectivity index (χ0) is 14.2. The molecule has 0 saturated carbocycles. The molecule has 0 radical (unpaired) electrons. The summed E-state index contributed by atoms with van der Waals surface area (Å²) in [5, 5.41) is 3.40. The second-order valence-electron chi connectivity index (χ2n) is 5.94. The van der Waals surface area contributed by atoms with Gasteiger partial charge in [0.25, 0.3) is 0 Å². The van der Waals surface area contributed by atoms with Crippen LogP contribution in [0.4, 0.5) is 4.39 Å². The predicted octanol–water partition coefficient (Wildman–Crippen LogP) is 3.11. The van der Waals surface area contributed by atoms with Crippen molar-refractivity contribution in [3.8, 4) is 5.75 Å². The van der Waals surface area contributed by atoms with Crippen LogP contribution in [0.3, 0.4) is 0 Å². The quantitative estimate of drug-likeness (QED) is 0.872. The third-order valence-corrected chi connectivity index (χ3v) is 4.59. The van der Waals surface area contributed by atoms with Crippen molar-refractivity contribution in [1.29, 1.82) is 0 Å². The minimum atomic E-state index is -0.202. The van der Waals surface area contributed by atoms with E-state index in [1.54, 1.807) is 12.1 Å². The van der Waals surface area contributed by atoms with E-state index in [2.05, 4.69) is 28.2 Å². The van der Waals surface area contributed by atoms with Crippen molar-refractivity contribution in [3.63, 3.8) is 0 Å². The average Bonchev–Trinajstić information content (AvgIpc) is 2.90. The van der Waals surface area contributed by atoms with E-state index in [9.17, 15) is 4.39 Å². The van der Waals surface area contributed by atoms with Gasteiger partial charge in [-0.2, -0.15) is 0 Å². The molecule has 0 amide bonds. The lowest BCUT2D eigenvalue weighted by atomic mass is 9.90. The Morgan fingerprint density at radius 3 is 2.90 bits per heavy atom. The molecule has 0 aliphatic carbocycles. The lowest BCUT2D eigenvalue weighted by Crippen LogP contribution is -2.33. The maximum Gasteiger partial charge on any atom is 0.141 e. The maximum atomic E-state index is 13.5. The van der Waals surface area contributed by atoms with Crippen molar-refractivity contribution in [3.05, 3.63) is 53.6 Å². The van der Waals surface area contributed by atoms with E-state index in [0.29, 0.717) is 12.5 Å². The summed E-state index contributed by atoms with van der Waals surface area (Å²) in [6, 6.07) is 9.03. The number of halogens is 1. The van der Waals surface area contributed by atoms with Crippen LogP contribution in [0.25, 0.3) is 0 Å². The van der Waals surface area contributed by atoms with Gasteiger partial charge in [0.15, 0.2) is 0 Å². The number of hydrogen-bond donors (Lipinski definition) is 1. The Hall–Kier alpha value is -1.81. The lowest BCUT2D eigenvalue weighted by Gasteiger charge is -2.30. The Kier molecular flexibility index (Phi) is 3.19. The predicted molar refractivity (Wildman–Crippen MR) is 78.9 cm³/mol. The molecule has 0 bridgehead atoms. The summed E-state index contributed by atoms with van der Waals surface area (Å²) in [5.41, 5.74) is 2.13. The van der Waals surface area contributed by atoms with Gasteiger partial charge in [0.1, 0.15) is 17.7 Å². The Balaban J connectivity index is 1.75. The molecule has 1 aromatic carbocycles. The highest BCUT2D eigenvalue weighted by molar-refractivity contribution is 5.37. The summed E-state index contributed by atoms with van der Waals surface area (Å²) in [6.07, 6.45) is 4.36. The molecule has 3 nitrogen and oxygen atoms in total. The van der Waals surface area contributed by atoms with Crippen LogP contribution in [-0.4, -0.2) is 17.7 Å². The Bertz CT molecular complexity index is 646. The summed E-state index contributed by atoms with van der Waals surface area (Å²) < 4.78 is 22.0. The fourth-order valence-electron chi connectivity index (χ4n) is 3.48. The highest BCUT2D eigenvalue weighted by atomic mass is 19.1. The van der Waals surface area contributed by atoms with Crippen LogP contribution in [-0.2, 0) is 6.54 Å². The number of ether oxygens (including phenoxy) is 1. The Morgan fingerprint density at radius 1 is 1.19 bits per heavy atom. The maximum absolute atomic E-state index is 13.5. The molecule has 110 valence electrons. The van der Waals surface area contributed by atoms with Crippen molar-refractivity contribution in [2.75, 3.05) is 13.1 Å². The average molecular weight is 286 g/mol. The van der Waals surface area contributed by atoms with Gasteiger partial charge in [-0.05, 0) is 56.3 Å². The minimum absolute atomic E-state index is 0.0637. The number of fused-ring (bicyclic) bond motifs is 2. The van der Waals surface area contributed by atoms with Gasteiger partial charge in [0.2, 0.25) is 0 Å². The monoisotopic (exact) mass is 286 g/mol. The van der Waals surface area contributed by atoms with Gasteiger partial charge in [-0.1, -0.05) is 0 Å². The van der Waals surface area contributed by atoms with Crippen molar-refractivity contribution < 1.29 is 9.13 Å². The first-order chi connectivity index (χ1) is 10.3. The summed E-state index contributed by atoms with van der Waals surface area (Å²) in [4.78, 5) is 0. The van der Waals surface area contributed by atoms with Gasteiger partial charge >= 0.3 is 0 Å². The number of piperidine rings is 1. The van der Waals surface area contributed by atoms with Crippen LogP contribution in [0.15, 0.2) is 36.5 Å². The van der Waals surface area contributed by atoms with E-state index in [-0.39, 0.29) is 11.9 Å². The number of benzene rings is 1. The molecule has 1 atom stereocenters. The van der Waals surface area contributed by atoms with Gasteiger partial charge in [0.05, 0.1) is 12.2 Å². The minimum Gasteiger partial charge on any atom is -0.484 e. The van der Waals surface area contributed by atoms with Crippen molar-refractivity contribution >= 4 is 0 Å². The fraction of sp³-hybridized carbons (Fsp3) is 0.412. The third kappa shape index (κ3) is 2.33. The molecule has 2 aliphatic rings. The molecule has 2 aromatic rings. The zero-order valence-electron chi connectivity index (χ0n) is 11.9. The SMILES string of the molecule is Fc1ccc2c(c1)Cn1cccc1C(C1CCNCC1)O2. The summed E-state index contributed by atoms with van der Waals surface area (Å²) in [6.45, 7) is 2.76. The second kappa shape index (κ2) is 5.19. The van der Waals surface area contributed by atoms with Gasteiger partial charge in [-0.25, -0.2) is 4.39 Å².